The van der Waals surface area contributed by atoms with E-state index in [1.54, 1.807) is 0 Å². The third kappa shape index (κ3) is 3.88. The maximum Gasteiger partial charge on any atom is 0.169 e. The van der Waals surface area contributed by atoms with Crippen molar-refractivity contribution in [3.05, 3.63) is 54.5 Å². The minimum Gasteiger partial charge on any atom is -0.373 e. The fourth-order valence-electron chi connectivity index (χ4n) is 5.82. The first-order valence-corrected chi connectivity index (χ1v) is 13.6. The van der Waals surface area contributed by atoms with E-state index in [0.29, 0.717) is 16.6 Å². The molecule has 0 N–H and O–H groups in total. The summed E-state index contributed by atoms with van der Waals surface area (Å²) in [4.78, 5) is 6.69. The third-order valence-electron chi connectivity index (χ3n) is 6.90. The summed E-state index contributed by atoms with van der Waals surface area (Å²) in [5, 5.41) is 1.42. The molecule has 0 radical (unpaired) electrons. The Labute approximate surface area is 184 Å². The molecule has 3 aromatic rings. The summed E-state index contributed by atoms with van der Waals surface area (Å²) >= 11 is 0. The molecule has 0 unspecified atom stereocenters. The normalized spacial score (nSPS) is 12.8. The maximum atomic E-state index is 4.41. The molecule has 0 aliphatic rings. The highest BCUT2D eigenvalue weighted by Gasteiger charge is 2.46. The molecule has 2 heterocycles. The van der Waals surface area contributed by atoms with E-state index < -0.39 is 8.24 Å². The molecule has 3 nitrogen and oxygen atoms in total. The van der Waals surface area contributed by atoms with Crippen LogP contribution in [0.2, 0.25) is 16.6 Å². The second-order valence-electron chi connectivity index (χ2n) is 9.87. The zero-order valence-corrected chi connectivity index (χ0v) is 21.1. The van der Waals surface area contributed by atoms with Crippen molar-refractivity contribution in [1.82, 2.24) is 14.1 Å². The summed E-state index contributed by atoms with van der Waals surface area (Å²) in [5.74, 6) is 0. The van der Waals surface area contributed by atoms with Crippen LogP contribution in [-0.4, -0.2) is 43.0 Å². The van der Waals surface area contributed by atoms with Gasteiger partial charge in [0.2, 0.25) is 0 Å². The van der Waals surface area contributed by atoms with Gasteiger partial charge in [-0.3, -0.25) is 4.98 Å². The molecule has 30 heavy (non-hydrogen) atoms. The summed E-state index contributed by atoms with van der Waals surface area (Å²) in [5.41, 5.74) is 7.39. The van der Waals surface area contributed by atoms with E-state index in [-0.39, 0.29) is 0 Å². The largest absolute Gasteiger partial charge is 0.373 e. The van der Waals surface area contributed by atoms with Gasteiger partial charge in [-0.05, 0) is 66.6 Å². The number of likely N-dealkylation sites (N-methyl/N-ethyl adjacent to an activating group) is 1. The number of rotatable bonds is 8. The highest BCUT2D eigenvalue weighted by atomic mass is 28.3. The van der Waals surface area contributed by atoms with Crippen LogP contribution in [0.15, 0.2) is 48.9 Å². The summed E-state index contributed by atoms with van der Waals surface area (Å²) in [6.45, 7) is 15.7. The van der Waals surface area contributed by atoms with Crippen LogP contribution in [0.1, 0.15) is 47.1 Å². The SMILES string of the molecule is CC(C)[Si](C(C)C)(C(C)C)n1cc(CCN(C)C)c2c(-c3cccnc3)cccc21. The molecule has 0 atom stereocenters. The molecule has 1 aromatic carbocycles. The van der Waals surface area contributed by atoms with Crippen LogP contribution >= 0.6 is 0 Å². The van der Waals surface area contributed by atoms with Gasteiger partial charge in [-0.1, -0.05) is 59.7 Å². The number of hydrogen-bond acceptors (Lipinski definition) is 2. The number of fused-ring (bicyclic) bond motifs is 1. The lowest BCUT2D eigenvalue weighted by atomic mass is 9.99. The number of hydrogen-bond donors (Lipinski definition) is 0. The summed E-state index contributed by atoms with van der Waals surface area (Å²) in [7, 11) is 2.49. The van der Waals surface area contributed by atoms with Crippen LogP contribution in [0, 0.1) is 0 Å². The van der Waals surface area contributed by atoms with Crippen LogP contribution in [0.3, 0.4) is 0 Å². The lowest BCUT2D eigenvalue weighted by molar-refractivity contribution is 0.414. The second kappa shape index (κ2) is 9.07. The van der Waals surface area contributed by atoms with Gasteiger partial charge in [0.1, 0.15) is 0 Å². The molecule has 0 aliphatic heterocycles. The van der Waals surface area contributed by atoms with Crippen molar-refractivity contribution in [1.29, 1.82) is 0 Å². The lowest BCUT2D eigenvalue weighted by Crippen LogP contribution is -2.51. The molecular formula is C26H39N3Si. The summed E-state index contributed by atoms with van der Waals surface area (Å²) in [6, 6.07) is 11.1. The first-order chi connectivity index (χ1) is 14.2. The number of benzene rings is 1. The quantitative estimate of drug-likeness (QED) is 0.372. The zero-order chi connectivity index (χ0) is 22.1. The van der Waals surface area contributed by atoms with Crippen molar-refractivity contribution < 1.29 is 0 Å². The predicted molar refractivity (Wildman–Crippen MR) is 134 cm³/mol. The van der Waals surface area contributed by atoms with E-state index in [1.807, 2.05) is 18.5 Å². The molecular weight excluding hydrogens is 382 g/mol. The van der Waals surface area contributed by atoms with Gasteiger partial charge in [-0.2, -0.15) is 0 Å². The Morgan fingerprint density at radius 2 is 1.60 bits per heavy atom. The molecule has 4 heteroatoms. The van der Waals surface area contributed by atoms with Gasteiger partial charge >= 0.3 is 0 Å². The van der Waals surface area contributed by atoms with E-state index >= 15 is 0 Å². The van der Waals surface area contributed by atoms with Gasteiger partial charge < -0.3 is 9.13 Å². The van der Waals surface area contributed by atoms with Gasteiger partial charge in [0.05, 0.1) is 0 Å². The molecule has 2 aromatic heterocycles. The molecule has 0 aliphatic carbocycles. The van der Waals surface area contributed by atoms with Crippen LogP contribution in [0.25, 0.3) is 22.0 Å². The van der Waals surface area contributed by atoms with E-state index in [4.69, 9.17) is 0 Å². The van der Waals surface area contributed by atoms with Crippen LogP contribution in [0.4, 0.5) is 0 Å². The fraction of sp³-hybridized carbons (Fsp3) is 0.500. The van der Waals surface area contributed by atoms with Crippen molar-refractivity contribution in [2.45, 2.75) is 64.6 Å². The molecule has 0 bridgehead atoms. The standard InChI is InChI=1S/C26H39N3Si/c1-19(2)30(20(3)4,21(5)6)29-18-23(14-16-28(7)8)26-24(12-9-13-25(26)29)22-11-10-15-27-17-22/h9-13,15,17-21H,14,16H2,1-8H3. The van der Waals surface area contributed by atoms with E-state index in [9.17, 15) is 0 Å². The van der Waals surface area contributed by atoms with E-state index in [0.717, 1.165) is 13.0 Å². The Hall–Kier alpha value is -1.91. The molecule has 3 rings (SSSR count). The Balaban J connectivity index is 2.36. The monoisotopic (exact) mass is 421 g/mol. The molecule has 0 amide bonds. The minimum atomic E-state index is -1.84. The molecule has 162 valence electrons. The van der Waals surface area contributed by atoms with Gasteiger partial charge in [0.15, 0.2) is 8.24 Å². The van der Waals surface area contributed by atoms with Crippen molar-refractivity contribution in [3.8, 4) is 11.1 Å². The van der Waals surface area contributed by atoms with Crippen LogP contribution in [0.5, 0.6) is 0 Å². The maximum absolute atomic E-state index is 4.41. The number of nitrogens with zero attached hydrogens (tertiary/aromatic N) is 3. The van der Waals surface area contributed by atoms with E-state index in [2.05, 4.69) is 100 Å². The Morgan fingerprint density at radius 1 is 0.933 bits per heavy atom. The van der Waals surface area contributed by atoms with Crippen molar-refractivity contribution in [3.63, 3.8) is 0 Å². The van der Waals surface area contributed by atoms with Crippen LogP contribution < -0.4 is 0 Å². The zero-order valence-electron chi connectivity index (χ0n) is 20.1. The Morgan fingerprint density at radius 3 is 2.13 bits per heavy atom. The predicted octanol–water partition coefficient (Wildman–Crippen LogP) is 6.83. The molecule has 0 spiro atoms. The van der Waals surface area contributed by atoms with Gasteiger partial charge in [0, 0.05) is 35.4 Å². The number of aromatic nitrogens is 2. The Kier molecular flexibility index (Phi) is 6.88. The second-order valence-corrected chi connectivity index (χ2v) is 15.6. The fourth-order valence-corrected chi connectivity index (χ4v) is 12.5. The highest BCUT2D eigenvalue weighted by Crippen LogP contribution is 2.46. The van der Waals surface area contributed by atoms with Crippen molar-refractivity contribution >= 4 is 19.1 Å². The van der Waals surface area contributed by atoms with E-state index in [1.165, 1.54) is 27.6 Å². The molecule has 0 fully saturated rings. The van der Waals surface area contributed by atoms with Crippen molar-refractivity contribution in [2.24, 2.45) is 0 Å². The summed E-state index contributed by atoms with van der Waals surface area (Å²) < 4.78 is 2.77. The highest BCUT2D eigenvalue weighted by molar-refractivity contribution is 6.82. The van der Waals surface area contributed by atoms with Gasteiger partial charge in [-0.25, -0.2) is 0 Å². The third-order valence-corrected chi connectivity index (χ3v) is 13.7. The van der Waals surface area contributed by atoms with Crippen molar-refractivity contribution in [2.75, 3.05) is 20.6 Å². The first-order valence-electron chi connectivity index (χ1n) is 11.4. The first kappa shape index (κ1) is 22.8. The molecule has 0 saturated heterocycles. The topological polar surface area (TPSA) is 21.1 Å². The minimum absolute atomic E-state index is 0.664. The average Bonchev–Trinajstić information content (AvgIpc) is 3.06. The lowest BCUT2D eigenvalue weighted by Gasteiger charge is -2.44. The molecule has 0 saturated carbocycles. The Bertz CT molecular complexity index is 949. The van der Waals surface area contributed by atoms with Gasteiger partial charge in [0.25, 0.3) is 0 Å². The average molecular weight is 422 g/mol. The number of pyridine rings is 1. The van der Waals surface area contributed by atoms with Crippen LogP contribution in [-0.2, 0) is 6.42 Å². The summed E-state index contributed by atoms with van der Waals surface area (Å²) in [6.07, 6.45) is 7.45. The van der Waals surface area contributed by atoms with Gasteiger partial charge in [-0.15, -0.1) is 0 Å². The smallest absolute Gasteiger partial charge is 0.169 e.